The van der Waals surface area contributed by atoms with E-state index in [9.17, 15) is 28.5 Å². The molecule has 0 aromatic heterocycles. The Bertz CT molecular complexity index is 899. The van der Waals surface area contributed by atoms with Crippen LogP contribution in [0.4, 0.5) is 20.2 Å². The van der Waals surface area contributed by atoms with Gasteiger partial charge in [-0.3, -0.25) is 14.9 Å². The second-order valence-corrected chi connectivity index (χ2v) is 5.87. The van der Waals surface area contributed by atoms with Gasteiger partial charge in [0.15, 0.2) is 18.2 Å². The van der Waals surface area contributed by atoms with E-state index in [4.69, 9.17) is 4.74 Å². The van der Waals surface area contributed by atoms with Crippen molar-refractivity contribution < 1.29 is 32.8 Å². The number of hydrogen-bond donors (Lipinski definition) is 1. The van der Waals surface area contributed by atoms with Crippen molar-refractivity contribution >= 4 is 39.2 Å². The van der Waals surface area contributed by atoms with Crippen LogP contribution in [0, 0.1) is 21.7 Å². The highest BCUT2D eigenvalue weighted by Gasteiger charge is 2.20. The maximum absolute atomic E-state index is 13.7. The van der Waals surface area contributed by atoms with Crippen molar-refractivity contribution in [3.63, 3.8) is 0 Å². The van der Waals surface area contributed by atoms with E-state index in [0.29, 0.717) is 6.07 Å². The molecule has 0 saturated carbocycles. The van der Waals surface area contributed by atoms with Gasteiger partial charge in [0.2, 0.25) is 0 Å². The third kappa shape index (κ3) is 4.97. The molecule has 0 unspecified atom stereocenters. The fraction of sp³-hybridized carbons (Fsp3) is 0.125. The van der Waals surface area contributed by atoms with E-state index < -0.39 is 40.7 Å². The lowest BCUT2D eigenvalue weighted by Crippen LogP contribution is -2.21. The van der Waals surface area contributed by atoms with Gasteiger partial charge < -0.3 is 14.8 Å². The Labute approximate surface area is 159 Å². The van der Waals surface area contributed by atoms with E-state index >= 15 is 0 Å². The Morgan fingerprint density at radius 1 is 1.26 bits per heavy atom. The van der Waals surface area contributed by atoms with E-state index in [0.717, 1.165) is 25.3 Å². The molecule has 0 aliphatic carbocycles. The molecular formula is C16H11BrF2N2O6. The number of esters is 1. The largest absolute Gasteiger partial charge is 0.477 e. The summed E-state index contributed by atoms with van der Waals surface area (Å²) in [7, 11) is 1.12. The highest BCUT2D eigenvalue weighted by atomic mass is 79.9. The molecule has 0 bridgehead atoms. The second kappa shape index (κ2) is 8.54. The first-order valence-corrected chi connectivity index (χ1v) is 7.96. The van der Waals surface area contributed by atoms with Crippen molar-refractivity contribution in [1.82, 2.24) is 0 Å². The summed E-state index contributed by atoms with van der Waals surface area (Å²) in [5.41, 5.74) is -0.932. The number of anilines is 1. The third-order valence-electron chi connectivity index (χ3n) is 3.21. The first kappa shape index (κ1) is 20.2. The quantitative estimate of drug-likeness (QED) is 0.415. The lowest BCUT2D eigenvalue weighted by Gasteiger charge is -2.10. The van der Waals surface area contributed by atoms with E-state index in [1.54, 1.807) is 0 Å². The first-order chi connectivity index (χ1) is 12.7. The van der Waals surface area contributed by atoms with Gasteiger partial charge in [0.25, 0.3) is 5.91 Å². The molecule has 2 aromatic rings. The van der Waals surface area contributed by atoms with E-state index in [1.165, 1.54) is 6.07 Å². The molecule has 0 spiro atoms. The molecule has 142 valence electrons. The standard InChI is InChI=1S/C16H11BrF2N2O6/c1-26-16(23)8-2-3-13(12(4-8)21(24)25)27-7-14(22)20-15-10(17)5-9(18)6-11(15)19/h2-6H,7H2,1H3,(H,20,22). The van der Waals surface area contributed by atoms with Crippen molar-refractivity contribution in [2.75, 3.05) is 19.0 Å². The molecule has 1 N–H and O–H groups in total. The van der Waals surface area contributed by atoms with Crippen molar-refractivity contribution in [2.24, 2.45) is 0 Å². The Kier molecular flexibility index (Phi) is 6.40. The van der Waals surface area contributed by atoms with Crippen LogP contribution in [0.25, 0.3) is 0 Å². The van der Waals surface area contributed by atoms with Crippen molar-refractivity contribution in [2.45, 2.75) is 0 Å². The number of nitro groups is 1. The van der Waals surface area contributed by atoms with E-state index in [2.05, 4.69) is 26.0 Å². The van der Waals surface area contributed by atoms with Crippen molar-refractivity contribution in [3.8, 4) is 5.75 Å². The van der Waals surface area contributed by atoms with Gasteiger partial charge in [-0.25, -0.2) is 13.6 Å². The number of benzene rings is 2. The van der Waals surface area contributed by atoms with Gasteiger partial charge >= 0.3 is 11.7 Å². The lowest BCUT2D eigenvalue weighted by atomic mass is 10.2. The minimum Gasteiger partial charge on any atom is -0.477 e. The van der Waals surface area contributed by atoms with Gasteiger partial charge in [-0.15, -0.1) is 0 Å². The normalized spacial score (nSPS) is 10.2. The Morgan fingerprint density at radius 3 is 2.56 bits per heavy atom. The average molecular weight is 445 g/mol. The summed E-state index contributed by atoms with van der Waals surface area (Å²) < 4.78 is 36.3. The SMILES string of the molecule is COC(=O)c1ccc(OCC(=O)Nc2c(F)cc(F)cc2Br)c([N+](=O)[O-])c1. The smallest absolute Gasteiger partial charge is 0.338 e. The fourth-order valence-electron chi connectivity index (χ4n) is 2.01. The zero-order chi connectivity index (χ0) is 20.1. The van der Waals surface area contributed by atoms with Crippen molar-refractivity contribution in [3.05, 3.63) is 62.1 Å². The van der Waals surface area contributed by atoms with Gasteiger partial charge in [0.05, 0.1) is 23.3 Å². The molecule has 0 radical (unpaired) electrons. The number of nitro benzene ring substituents is 1. The third-order valence-corrected chi connectivity index (χ3v) is 3.83. The molecule has 2 aromatic carbocycles. The monoisotopic (exact) mass is 444 g/mol. The zero-order valence-electron chi connectivity index (χ0n) is 13.6. The number of carbonyl (C=O) groups is 2. The van der Waals surface area contributed by atoms with Crippen LogP contribution in [0.2, 0.25) is 0 Å². The van der Waals surface area contributed by atoms with Crippen LogP contribution < -0.4 is 10.1 Å². The summed E-state index contributed by atoms with van der Waals surface area (Å²) >= 11 is 2.91. The molecule has 0 heterocycles. The van der Waals surface area contributed by atoms with Gasteiger partial charge in [-0.05, 0) is 34.1 Å². The van der Waals surface area contributed by atoms with Crippen LogP contribution in [0.15, 0.2) is 34.8 Å². The summed E-state index contributed by atoms with van der Waals surface area (Å²) in [6.45, 7) is -0.693. The molecule has 0 aliphatic rings. The van der Waals surface area contributed by atoms with Gasteiger partial charge in [-0.1, -0.05) is 0 Å². The summed E-state index contributed by atoms with van der Waals surface area (Å²) in [6, 6.07) is 4.83. The average Bonchev–Trinajstić information content (AvgIpc) is 2.62. The number of halogens is 3. The second-order valence-electron chi connectivity index (χ2n) is 5.01. The molecule has 27 heavy (non-hydrogen) atoms. The van der Waals surface area contributed by atoms with Crippen LogP contribution >= 0.6 is 15.9 Å². The van der Waals surface area contributed by atoms with Crippen LogP contribution in [0.3, 0.4) is 0 Å². The molecule has 0 fully saturated rings. The van der Waals surface area contributed by atoms with Crippen LogP contribution in [0.1, 0.15) is 10.4 Å². The number of carbonyl (C=O) groups excluding carboxylic acids is 2. The maximum atomic E-state index is 13.7. The lowest BCUT2D eigenvalue weighted by molar-refractivity contribution is -0.385. The van der Waals surface area contributed by atoms with Gasteiger partial charge in [0.1, 0.15) is 5.82 Å². The highest BCUT2D eigenvalue weighted by Crippen LogP contribution is 2.29. The maximum Gasteiger partial charge on any atom is 0.338 e. The first-order valence-electron chi connectivity index (χ1n) is 7.17. The molecular weight excluding hydrogens is 434 g/mol. The molecule has 1 amide bonds. The Balaban J connectivity index is 2.13. The van der Waals surface area contributed by atoms with Crippen LogP contribution in [-0.4, -0.2) is 30.5 Å². The number of hydrogen-bond acceptors (Lipinski definition) is 6. The van der Waals surface area contributed by atoms with E-state index in [1.807, 2.05) is 0 Å². The predicted molar refractivity (Wildman–Crippen MR) is 92.6 cm³/mol. The summed E-state index contributed by atoms with van der Waals surface area (Å²) in [4.78, 5) is 33.7. The number of amides is 1. The number of nitrogens with one attached hydrogen (secondary N) is 1. The minimum absolute atomic E-state index is 0.0261. The summed E-state index contributed by atoms with van der Waals surface area (Å²) in [5, 5.41) is 13.3. The molecule has 8 nitrogen and oxygen atoms in total. The number of ether oxygens (including phenoxy) is 2. The molecule has 11 heteroatoms. The predicted octanol–water partition coefficient (Wildman–Crippen LogP) is 3.44. The Hall–Kier alpha value is -3.08. The molecule has 0 aliphatic heterocycles. The molecule has 0 atom stereocenters. The fourth-order valence-corrected chi connectivity index (χ4v) is 2.51. The zero-order valence-corrected chi connectivity index (χ0v) is 15.2. The molecule has 0 saturated heterocycles. The minimum atomic E-state index is -1.01. The number of nitrogens with zero attached hydrogens (tertiary/aromatic N) is 1. The topological polar surface area (TPSA) is 108 Å². The number of methoxy groups -OCH3 is 1. The summed E-state index contributed by atoms with van der Waals surface area (Å²) in [5.74, 6) is -3.74. The van der Waals surface area contributed by atoms with Gasteiger partial charge in [-0.2, -0.15) is 0 Å². The highest BCUT2D eigenvalue weighted by molar-refractivity contribution is 9.10. The Morgan fingerprint density at radius 2 is 1.96 bits per heavy atom. The summed E-state index contributed by atoms with van der Waals surface area (Å²) in [6.07, 6.45) is 0. The number of rotatable bonds is 6. The molecule has 2 rings (SSSR count). The van der Waals surface area contributed by atoms with Gasteiger partial charge in [0, 0.05) is 16.6 Å². The van der Waals surface area contributed by atoms with Crippen molar-refractivity contribution in [1.29, 1.82) is 0 Å². The van der Waals surface area contributed by atoms with Crippen LogP contribution in [0.5, 0.6) is 5.75 Å². The van der Waals surface area contributed by atoms with E-state index in [-0.39, 0.29) is 21.5 Å². The van der Waals surface area contributed by atoms with Crippen LogP contribution in [-0.2, 0) is 9.53 Å².